The summed E-state index contributed by atoms with van der Waals surface area (Å²) in [6.07, 6.45) is -9.90. The van der Waals surface area contributed by atoms with E-state index in [9.17, 15) is 26.3 Å². The number of hydrogen-bond acceptors (Lipinski definition) is 3. The number of halogens is 7. The lowest BCUT2D eigenvalue weighted by molar-refractivity contribution is -0.293. The molecular weight excluding hydrogens is 370 g/mol. The van der Waals surface area contributed by atoms with Gasteiger partial charge in [-0.25, -0.2) is 0 Å². The van der Waals surface area contributed by atoms with Gasteiger partial charge in [-0.15, -0.1) is 0 Å². The van der Waals surface area contributed by atoms with E-state index in [1.807, 2.05) is 0 Å². The van der Waals surface area contributed by atoms with Gasteiger partial charge in [0.2, 0.25) is 0 Å². The number of nitrogens with one attached hydrogen (secondary N) is 1. The Labute approximate surface area is 124 Å². The SMILES string of the molecule is CC(C)n1ncc(Br)c1C(NN)C(C(F)(F)F)C(F)(F)F. The predicted octanol–water partition coefficient (Wildman–Crippen LogP) is 3.47. The van der Waals surface area contributed by atoms with Crippen molar-refractivity contribution in [3.63, 3.8) is 0 Å². The van der Waals surface area contributed by atoms with Gasteiger partial charge in [0.15, 0.2) is 5.92 Å². The Kier molecular flexibility index (Phi) is 5.32. The highest BCUT2D eigenvalue weighted by atomic mass is 79.9. The molecule has 1 unspecified atom stereocenters. The lowest BCUT2D eigenvalue weighted by Gasteiger charge is -2.31. The number of hydrazine groups is 1. The first kappa shape index (κ1) is 18.2. The van der Waals surface area contributed by atoms with Gasteiger partial charge in [-0.2, -0.15) is 31.4 Å². The minimum Gasteiger partial charge on any atom is -0.271 e. The Balaban J connectivity index is 3.44. The van der Waals surface area contributed by atoms with Gasteiger partial charge in [-0.1, -0.05) is 0 Å². The predicted molar refractivity (Wildman–Crippen MR) is 66.0 cm³/mol. The molecule has 0 saturated carbocycles. The molecule has 0 saturated heterocycles. The lowest BCUT2D eigenvalue weighted by Crippen LogP contribution is -2.48. The second-order valence-corrected chi connectivity index (χ2v) is 5.48. The highest BCUT2D eigenvalue weighted by Crippen LogP contribution is 2.47. The molecule has 1 aromatic heterocycles. The normalized spacial score (nSPS) is 15.0. The van der Waals surface area contributed by atoms with Crippen molar-refractivity contribution >= 4 is 15.9 Å². The van der Waals surface area contributed by atoms with E-state index < -0.39 is 30.4 Å². The maximum atomic E-state index is 12.8. The molecule has 0 amide bonds. The van der Waals surface area contributed by atoms with Crippen molar-refractivity contribution in [3.8, 4) is 0 Å². The van der Waals surface area contributed by atoms with Gasteiger partial charge in [0.05, 0.1) is 22.4 Å². The van der Waals surface area contributed by atoms with E-state index in [-0.39, 0.29) is 10.2 Å². The van der Waals surface area contributed by atoms with Crippen LogP contribution in [0.25, 0.3) is 0 Å². The molecule has 0 aromatic carbocycles. The van der Waals surface area contributed by atoms with Crippen molar-refractivity contribution in [2.75, 3.05) is 0 Å². The van der Waals surface area contributed by atoms with Crippen molar-refractivity contribution in [1.29, 1.82) is 0 Å². The van der Waals surface area contributed by atoms with Crippen LogP contribution in [0.5, 0.6) is 0 Å². The molecule has 1 heterocycles. The molecule has 1 atom stereocenters. The number of nitrogens with two attached hydrogens (primary N) is 1. The summed E-state index contributed by atoms with van der Waals surface area (Å²) < 4.78 is 78.2. The summed E-state index contributed by atoms with van der Waals surface area (Å²) in [6, 6.07) is -2.66. The van der Waals surface area contributed by atoms with Crippen LogP contribution in [0.1, 0.15) is 31.6 Å². The van der Waals surface area contributed by atoms with E-state index in [1.165, 1.54) is 0 Å². The van der Waals surface area contributed by atoms with Crippen molar-refractivity contribution in [2.45, 2.75) is 38.3 Å². The average Bonchev–Trinajstić information content (AvgIpc) is 2.64. The number of rotatable bonds is 4. The zero-order valence-corrected chi connectivity index (χ0v) is 12.5. The molecule has 0 fully saturated rings. The molecule has 1 aromatic rings. The quantitative estimate of drug-likeness (QED) is 0.476. The van der Waals surface area contributed by atoms with Crippen LogP contribution in [-0.4, -0.2) is 22.1 Å². The molecule has 21 heavy (non-hydrogen) atoms. The zero-order valence-electron chi connectivity index (χ0n) is 10.9. The molecule has 11 heteroatoms. The van der Waals surface area contributed by atoms with E-state index >= 15 is 0 Å². The van der Waals surface area contributed by atoms with Crippen LogP contribution in [0, 0.1) is 5.92 Å². The van der Waals surface area contributed by atoms with E-state index in [1.54, 1.807) is 19.3 Å². The molecule has 0 aliphatic rings. The number of alkyl halides is 6. The van der Waals surface area contributed by atoms with Gasteiger partial charge < -0.3 is 0 Å². The standard InChI is InChI=1S/C10H13BrF6N4/c1-4(2)21-7(5(11)3-19-21)6(20-18)8(9(12,13)14)10(15,16)17/h3-4,6,8,20H,18H2,1-2H3. The van der Waals surface area contributed by atoms with Crippen LogP contribution in [0.2, 0.25) is 0 Å². The van der Waals surface area contributed by atoms with E-state index in [0.29, 0.717) is 0 Å². The molecule has 0 radical (unpaired) electrons. The van der Waals surface area contributed by atoms with Gasteiger partial charge in [0.25, 0.3) is 0 Å². The first-order valence-corrected chi connectivity index (χ1v) is 6.53. The molecule has 122 valence electrons. The second-order valence-electron chi connectivity index (χ2n) is 4.62. The lowest BCUT2D eigenvalue weighted by atomic mass is 9.95. The van der Waals surface area contributed by atoms with Crippen molar-refractivity contribution in [1.82, 2.24) is 15.2 Å². The van der Waals surface area contributed by atoms with Gasteiger partial charge >= 0.3 is 12.4 Å². The third kappa shape index (κ3) is 3.89. The summed E-state index contributed by atoms with van der Waals surface area (Å²) in [5.41, 5.74) is 1.31. The van der Waals surface area contributed by atoms with Crippen LogP contribution in [0.3, 0.4) is 0 Å². The Hall–Kier alpha value is -0.810. The fourth-order valence-electron chi connectivity index (χ4n) is 1.95. The molecule has 3 N–H and O–H groups in total. The minimum atomic E-state index is -5.51. The third-order valence-electron chi connectivity index (χ3n) is 2.79. The Morgan fingerprint density at radius 3 is 2.00 bits per heavy atom. The fraction of sp³-hybridized carbons (Fsp3) is 0.700. The summed E-state index contributed by atoms with van der Waals surface area (Å²) in [5, 5.41) is 3.77. The summed E-state index contributed by atoms with van der Waals surface area (Å²) in [4.78, 5) is 0. The van der Waals surface area contributed by atoms with Crippen molar-refractivity contribution < 1.29 is 26.3 Å². The minimum absolute atomic E-state index is 0.0117. The molecule has 0 aliphatic carbocycles. The van der Waals surface area contributed by atoms with E-state index in [2.05, 4.69) is 21.0 Å². The van der Waals surface area contributed by atoms with Crippen molar-refractivity contribution in [2.24, 2.45) is 11.8 Å². The van der Waals surface area contributed by atoms with Gasteiger partial charge in [0.1, 0.15) is 0 Å². The zero-order chi connectivity index (χ0) is 16.6. The van der Waals surface area contributed by atoms with Crippen LogP contribution >= 0.6 is 15.9 Å². The molecule has 0 spiro atoms. The maximum absolute atomic E-state index is 12.8. The Bertz CT molecular complexity index is 467. The highest BCUT2D eigenvalue weighted by molar-refractivity contribution is 9.10. The largest absolute Gasteiger partial charge is 0.402 e. The van der Waals surface area contributed by atoms with Crippen molar-refractivity contribution in [3.05, 3.63) is 16.4 Å². The van der Waals surface area contributed by atoms with Crippen LogP contribution in [0.15, 0.2) is 10.7 Å². The molecule has 4 nitrogen and oxygen atoms in total. The first-order chi connectivity index (χ1) is 9.41. The smallest absolute Gasteiger partial charge is 0.271 e. The molecular formula is C10H13BrF6N4. The second kappa shape index (κ2) is 6.13. The molecule has 1 rings (SSSR count). The number of nitrogens with zero attached hydrogens (tertiary/aromatic N) is 2. The average molecular weight is 383 g/mol. The van der Waals surface area contributed by atoms with Gasteiger partial charge in [-0.05, 0) is 29.8 Å². The van der Waals surface area contributed by atoms with Crippen LogP contribution in [-0.2, 0) is 0 Å². The third-order valence-corrected chi connectivity index (χ3v) is 3.40. The summed E-state index contributed by atoms with van der Waals surface area (Å²) in [7, 11) is 0. The number of aromatic nitrogens is 2. The van der Waals surface area contributed by atoms with Crippen LogP contribution < -0.4 is 11.3 Å². The Morgan fingerprint density at radius 2 is 1.67 bits per heavy atom. The topological polar surface area (TPSA) is 55.9 Å². The summed E-state index contributed by atoms with van der Waals surface area (Å²) in [6.45, 7) is 3.15. The van der Waals surface area contributed by atoms with Crippen LogP contribution in [0.4, 0.5) is 26.3 Å². The number of hydrogen-bond donors (Lipinski definition) is 2. The maximum Gasteiger partial charge on any atom is 0.402 e. The Morgan fingerprint density at radius 1 is 1.19 bits per heavy atom. The van der Waals surface area contributed by atoms with Gasteiger partial charge in [0, 0.05) is 6.04 Å². The summed E-state index contributed by atoms with van der Waals surface area (Å²) in [5.74, 6) is 1.33. The van der Waals surface area contributed by atoms with E-state index in [4.69, 9.17) is 5.84 Å². The highest BCUT2D eigenvalue weighted by Gasteiger charge is 2.61. The fourth-order valence-corrected chi connectivity index (χ4v) is 2.47. The monoisotopic (exact) mass is 382 g/mol. The van der Waals surface area contributed by atoms with Gasteiger partial charge in [-0.3, -0.25) is 16.0 Å². The summed E-state index contributed by atoms with van der Waals surface area (Å²) >= 11 is 2.92. The molecule has 0 aliphatic heterocycles. The first-order valence-electron chi connectivity index (χ1n) is 5.73. The van der Waals surface area contributed by atoms with E-state index in [0.717, 1.165) is 10.9 Å². The molecule has 0 bridgehead atoms.